The van der Waals surface area contributed by atoms with Gasteiger partial charge in [0.25, 0.3) is 0 Å². The zero-order valence-corrected chi connectivity index (χ0v) is 53.8. The molecule has 2 aromatic heterocycles. The molecule has 0 saturated heterocycles. The van der Waals surface area contributed by atoms with Crippen LogP contribution in [0, 0.1) is 12.3 Å². The van der Waals surface area contributed by atoms with Gasteiger partial charge in [0, 0.05) is 44.5 Å². The highest BCUT2D eigenvalue weighted by atomic mass is 15.0. The van der Waals surface area contributed by atoms with Crippen LogP contribution in [0.25, 0.3) is 60.4 Å². The highest BCUT2D eigenvalue weighted by Gasteiger charge is 2.37. The van der Waals surface area contributed by atoms with Crippen LogP contribution in [-0.2, 0) is 6.42 Å². The summed E-state index contributed by atoms with van der Waals surface area (Å²) in [5.74, 6) is 3.58. The van der Waals surface area contributed by atoms with Crippen molar-refractivity contribution in [2.45, 2.75) is 18.4 Å². The van der Waals surface area contributed by atoms with Crippen LogP contribution in [0.5, 0.6) is 0 Å². The maximum absolute atomic E-state index is 6.94. The van der Waals surface area contributed by atoms with Crippen LogP contribution in [0.4, 0.5) is 0 Å². The molecular formula is C47H63B29N2. The summed E-state index contributed by atoms with van der Waals surface area (Å²) in [7, 11) is 68.4. The molecule has 1 aliphatic carbocycles. The second kappa shape index (κ2) is 20.2. The van der Waals surface area contributed by atoms with Crippen LogP contribution in [0.15, 0.2) is 27.4 Å². The number of hydrogen-bond donors (Lipinski definition) is 0. The molecule has 9 rings (SSSR count). The van der Waals surface area contributed by atoms with E-state index in [2.05, 4.69) is 243 Å². The van der Waals surface area contributed by atoms with E-state index in [-0.39, 0.29) is 12.0 Å². The SMILES string of the molecule is BC1=C(B)C(c2c(B)c(B)c(B)c(B)c2B)C(n2c3c(B)c(B)c(B)c(B)c3c3c(B)c(-c4c(B)c(B)c5c(c4B)c4c(B)c(B)c(B)c(B)c4n5C(C#C)/C(B)=C(/B)Cc4c(B)c(B)c(B)c(B)c4B)c(B)c(B)c32)=C1B. The van der Waals surface area contributed by atoms with Gasteiger partial charge in [-0.1, -0.05) is 110 Å². The first-order valence-electron chi connectivity index (χ1n) is 29.1. The molecule has 2 unspecified atom stereocenters. The third kappa shape index (κ3) is 7.82. The van der Waals surface area contributed by atoms with E-state index in [0.29, 0.717) is 0 Å². The number of terminal acetylenes is 1. The first-order chi connectivity index (χ1) is 36.3. The van der Waals surface area contributed by atoms with Crippen molar-refractivity contribution in [2.24, 2.45) is 0 Å². The molecule has 31 heteroatoms. The molecule has 0 amide bonds. The van der Waals surface area contributed by atoms with Gasteiger partial charge in [0.1, 0.15) is 234 Å². The normalized spacial score (nSPS) is 14.6. The van der Waals surface area contributed by atoms with E-state index in [1.54, 1.807) is 0 Å². The number of nitrogens with zero attached hydrogens (tertiary/aromatic N) is 2. The number of aromatic nitrogens is 2. The summed E-state index contributed by atoms with van der Waals surface area (Å²) < 4.78 is 5.40. The smallest absolute Gasteiger partial charge is 0.141 e. The van der Waals surface area contributed by atoms with E-state index < -0.39 is 0 Å². The molecule has 8 aromatic rings. The van der Waals surface area contributed by atoms with Gasteiger partial charge in [-0.3, -0.25) is 0 Å². The van der Waals surface area contributed by atoms with Gasteiger partial charge in [-0.2, -0.15) is 0 Å². The van der Waals surface area contributed by atoms with Gasteiger partial charge >= 0.3 is 0 Å². The topological polar surface area (TPSA) is 9.86 Å². The minimum absolute atomic E-state index is 0.131. The molecule has 2 nitrogen and oxygen atoms in total. The van der Waals surface area contributed by atoms with Gasteiger partial charge in [-0.25, -0.2) is 0 Å². The van der Waals surface area contributed by atoms with E-state index in [1.165, 1.54) is 230 Å². The van der Waals surface area contributed by atoms with Crippen molar-refractivity contribution < 1.29 is 0 Å². The predicted octanol–water partition coefficient (Wildman–Crippen LogP) is -35.3. The van der Waals surface area contributed by atoms with Crippen molar-refractivity contribution in [1.29, 1.82) is 0 Å². The standard InChI is InChI=1S/C47H63B29N2/c1-2-6(17(51)5(48)3-4-15(49)27(61)34(68)28(62)16(4)50)77-43-11(13-25(59)31(65)36(70)41(75)44(13)77)18(52)7(22(56)38(43)72)8-19(53)12-14-26(60)32(66)37(71)42(76)47(14)78(46(12)39(73)23(8)57)45-10(24(58)33(67)40(45)74)9-20(54)29(63)35(69)30(64)21(9)55/h1,6,10H,3,48-76H2/b17-5-. The highest BCUT2D eigenvalue weighted by molar-refractivity contribution is 6.74. The minimum Gasteiger partial charge on any atom is -0.324 e. The summed E-state index contributed by atoms with van der Waals surface area (Å²) in [6.45, 7) is 0. The third-order valence-electron chi connectivity index (χ3n) is 22.5. The van der Waals surface area contributed by atoms with E-state index in [9.17, 15) is 0 Å². The van der Waals surface area contributed by atoms with Crippen LogP contribution >= 0.6 is 0 Å². The monoisotopic (exact) mass is 975 g/mol. The van der Waals surface area contributed by atoms with Crippen molar-refractivity contribution in [3.8, 4) is 23.5 Å². The van der Waals surface area contributed by atoms with Crippen molar-refractivity contribution in [1.82, 2.24) is 9.13 Å². The van der Waals surface area contributed by atoms with E-state index in [1.807, 2.05) is 0 Å². The average molecular weight is 970 g/mol. The summed E-state index contributed by atoms with van der Waals surface area (Å²) in [6.07, 6.45) is 7.82. The summed E-state index contributed by atoms with van der Waals surface area (Å²) in [4.78, 5) is 0. The molecule has 6 aromatic carbocycles. The maximum Gasteiger partial charge on any atom is 0.141 e. The fraction of sp³-hybridized carbons (Fsp3) is 0.0638. The third-order valence-corrected chi connectivity index (χ3v) is 22.5. The molecule has 2 atom stereocenters. The fourth-order valence-electron chi connectivity index (χ4n) is 15.3. The molecule has 78 heavy (non-hydrogen) atoms. The van der Waals surface area contributed by atoms with Crippen LogP contribution in [0.3, 0.4) is 0 Å². The van der Waals surface area contributed by atoms with Crippen LogP contribution in [-0.4, -0.2) is 237 Å². The summed E-state index contributed by atoms with van der Waals surface area (Å²) in [5, 5.41) is 5.48. The number of fused-ring (bicyclic) bond motifs is 6. The molecule has 1 aliphatic rings. The summed E-state index contributed by atoms with van der Waals surface area (Å²) in [6, 6.07) is -0.271. The summed E-state index contributed by atoms with van der Waals surface area (Å²) in [5.41, 5.74) is 52.3. The van der Waals surface area contributed by atoms with Crippen molar-refractivity contribution in [3.05, 3.63) is 38.5 Å². The zero-order valence-electron chi connectivity index (χ0n) is 53.8. The first-order valence-corrected chi connectivity index (χ1v) is 29.1. The van der Waals surface area contributed by atoms with E-state index >= 15 is 0 Å². The van der Waals surface area contributed by atoms with Gasteiger partial charge in [-0.15, -0.1) is 66.5 Å². The fourth-order valence-corrected chi connectivity index (χ4v) is 15.3. The molecular weight excluding hydrogens is 906 g/mol. The Hall–Kier alpha value is -4.42. The minimum atomic E-state index is -0.271. The Morgan fingerprint density at radius 3 is 1.13 bits per heavy atom. The second-order valence-electron chi connectivity index (χ2n) is 25.2. The Labute approximate surface area is 494 Å². The lowest BCUT2D eigenvalue weighted by Crippen LogP contribution is -2.57. The molecule has 0 N–H and O–H groups in total. The van der Waals surface area contributed by atoms with E-state index in [4.69, 9.17) is 6.42 Å². The van der Waals surface area contributed by atoms with Crippen molar-refractivity contribution >= 4 is 408 Å². The number of hydrogen-bond acceptors (Lipinski definition) is 0. The molecule has 0 bridgehead atoms. The Bertz CT molecular complexity index is 4250. The molecule has 0 radical (unpaired) electrons. The number of allylic oxidation sites excluding steroid dienone is 6. The lowest BCUT2D eigenvalue weighted by molar-refractivity contribution is 0.791. The zero-order chi connectivity index (χ0) is 58.0. The van der Waals surface area contributed by atoms with Gasteiger partial charge < -0.3 is 9.13 Å². The maximum atomic E-state index is 6.94. The average Bonchev–Trinajstić information content (AvgIpc) is 4.22. The van der Waals surface area contributed by atoms with Gasteiger partial charge in [0.2, 0.25) is 0 Å². The molecule has 0 spiro atoms. The highest BCUT2D eigenvalue weighted by Crippen LogP contribution is 2.45. The lowest BCUT2D eigenvalue weighted by atomic mass is 9.57. The van der Waals surface area contributed by atoms with Gasteiger partial charge in [-0.05, 0) is 33.9 Å². The Balaban J connectivity index is 1.42. The molecule has 348 valence electrons. The van der Waals surface area contributed by atoms with Gasteiger partial charge in [0.05, 0.1) is 0 Å². The molecule has 0 saturated carbocycles. The predicted molar refractivity (Wildman–Crippen MR) is 441 cm³/mol. The van der Waals surface area contributed by atoms with Gasteiger partial charge in [0.15, 0.2) is 0 Å². The van der Waals surface area contributed by atoms with Crippen LogP contribution in [0.1, 0.15) is 23.1 Å². The van der Waals surface area contributed by atoms with Crippen LogP contribution in [0.2, 0.25) is 0 Å². The molecule has 0 aliphatic heterocycles. The molecule has 2 heterocycles. The number of benzene rings is 6. The Morgan fingerprint density at radius 2 is 0.692 bits per heavy atom. The van der Waals surface area contributed by atoms with Crippen molar-refractivity contribution in [2.75, 3.05) is 0 Å². The van der Waals surface area contributed by atoms with Crippen LogP contribution < -0.4 is 131 Å². The Morgan fingerprint density at radius 1 is 0.372 bits per heavy atom. The summed E-state index contributed by atoms with van der Waals surface area (Å²) >= 11 is 0. The lowest BCUT2D eigenvalue weighted by Gasteiger charge is -2.30. The Kier molecular flexibility index (Phi) is 15.1. The quantitative estimate of drug-likeness (QED) is 0.111. The van der Waals surface area contributed by atoms with Crippen molar-refractivity contribution in [3.63, 3.8) is 0 Å². The first kappa shape index (κ1) is 58.2. The second-order valence-corrected chi connectivity index (χ2v) is 25.2. The largest absolute Gasteiger partial charge is 0.324 e. The molecule has 0 fully saturated rings. The van der Waals surface area contributed by atoms with E-state index in [0.717, 1.165) is 6.42 Å². The number of rotatable bonds is 7.